The van der Waals surface area contributed by atoms with E-state index >= 15 is 0 Å². The Kier molecular flexibility index (Phi) is 6.35. The fraction of sp³-hybridized carbons (Fsp3) is 0.280. The van der Waals surface area contributed by atoms with Crippen LogP contribution in [0.25, 0.3) is 11.0 Å². The van der Waals surface area contributed by atoms with Crippen LogP contribution in [0.4, 0.5) is 5.82 Å². The van der Waals surface area contributed by atoms with Gasteiger partial charge in [0, 0.05) is 24.2 Å². The van der Waals surface area contributed by atoms with E-state index in [0.717, 1.165) is 40.9 Å². The normalized spacial score (nSPS) is 12.6. The summed E-state index contributed by atoms with van der Waals surface area (Å²) in [5, 5.41) is 12.5. The number of hydrogen-bond acceptors (Lipinski definition) is 7. The van der Waals surface area contributed by atoms with Crippen LogP contribution in [0.1, 0.15) is 30.4 Å². The zero-order valence-electron chi connectivity index (χ0n) is 19.1. The third-order valence-electron chi connectivity index (χ3n) is 5.77. The Hall–Kier alpha value is -3.59. The summed E-state index contributed by atoms with van der Waals surface area (Å²) >= 11 is 1.49. The largest absolute Gasteiger partial charge is 0.457 e. The lowest BCUT2D eigenvalue weighted by Gasteiger charge is -2.27. The number of nitrogens with zero attached hydrogens (tertiary/aromatic N) is 4. The summed E-state index contributed by atoms with van der Waals surface area (Å²) in [7, 11) is 0. The second kappa shape index (κ2) is 9.72. The highest BCUT2D eigenvalue weighted by atomic mass is 32.2. The molecule has 0 fully saturated rings. The third kappa shape index (κ3) is 4.19. The predicted molar refractivity (Wildman–Crippen MR) is 134 cm³/mol. The fourth-order valence-corrected chi connectivity index (χ4v) is 4.51. The highest BCUT2D eigenvalue weighted by molar-refractivity contribution is 7.98. The van der Waals surface area contributed by atoms with Crippen LogP contribution in [-0.4, -0.2) is 45.0 Å². The maximum absolute atomic E-state index is 13.4. The van der Waals surface area contributed by atoms with Gasteiger partial charge in [-0.15, -0.1) is 0 Å². The number of carbonyl (C=O) groups excluding carboxylic acids is 1. The molecule has 1 aliphatic heterocycles. The number of benzene rings is 2. The van der Waals surface area contributed by atoms with E-state index in [1.807, 2.05) is 59.5 Å². The Bertz CT molecular complexity index is 1290. The van der Waals surface area contributed by atoms with Crippen LogP contribution in [-0.2, 0) is 11.3 Å². The summed E-state index contributed by atoms with van der Waals surface area (Å²) in [4.78, 5) is 22.6. The lowest BCUT2D eigenvalue weighted by atomic mass is 9.87. The second-order valence-corrected chi connectivity index (χ2v) is 8.77. The van der Waals surface area contributed by atoms with Crippen molar-refractivity contribution in [2.24, 2.45) is 0 Å². The number of fused-ring (bicyclic) bond motifs is 3. The molecule has 1 aliphatic rings. The lowest BCUT2D eigenvalue weighted by Crippen LogP contribution is -2.33. The summed E-state index contributed by atoms with van der Waals surface area (Å²) in [5.74, 6) is 1.73. The average molecular weight is 475 g/mol. The quantitative estimate of drug-likeness (QED) is 0.288. The van der Waals surface area contributed by atoms with Crippen molar-refractivity contribution in [2.45, 2.75) is 31.0 Å². The van der Waals surface area contributed by atoms with Crippen LogP contribution < -0.4 is 15.4 Å². The molecule has 0 bridgehead atoms. The number of hydrogen-bond donors (Lipinski definition) is 2. The van der Waals surface area contributed by atoms with Crippen molar-refractivity contribution in [2.75, 3.05) is 24.7 Å². The maximum atomic E-state index is 13.4. The fourth-order valence-electron chi connectivity index (χ4n) is 4.15. The minimum absolute atomic E-state index is 0.0654. The van der Waals surface area contributed by atoms with Crippen LogP contribution >= 0.6 is 11.8 Å². The number of ether oxygens (including phenoxy) is 1. The molecule has 1 amide bonds. The Labute approximate surface area is 202 Å². The van der Waals surface area contributed by atoms with E-state index in [2.05, 4.69) is 32.6 Å². The van der Waals surface area contributed by atoms with E-state index in [1.54, 1.807) is 6.20 Å². The summed E-state index contributed by atoms with van der Waals surface area (Å²) in [6.07, 6.45) is 4.73. The number of carbonyl (C=O) groups is 1. The van der Waals surface area contributed by atoms with Crippen molar-refractivity contribution in [3.05, 3.63) is 65.9 Å². The highest BCUT2D eigenvalue weighted by Gasteiger charge is 2.32. The molecule has 174 valence electrons. The molecular weight excluding hydrogens is 448 g/mol. The topological polar surface area (TPSA) is 94.0 Å². The zero-order valence-corrected chi connectivity index (χ0v) is 19.9. The molecule has 8 nitrogen and oxygen atoms in total. The molecule has 2 aromatic carbocycles. The molecule has 0 spiro atoms. The molecule has 0 atom stereocenters. The van der Waals surface area contributed by atoms with Gasteiger partial charge in [-0.3, -0.25) is 4.79 Å². The van der Waals surface area contributed by atoms with Crippen molar-refractivity contribution in [1.82, 2.24) is 25.1 Å². The maximum Gasteiger partial charge on any atom is 0.232 e. The number of amides is 1. The Morgan fingerprint density at radius 2 is 1.76 bits per heavy atom. The average Bonchev–Trinajstić information content (AvgIpc) is 3.28. The van der Waals surface area contributed by atoms with Gasteiger partial charge in [0.15, 0.2) is 10.8 Å². The van der Waals surface area contributed by atoms with Crippen molar-refractivity contribution in [3.8, 4) is 11.5 Å². The van der Waals surface area contributed by atoms with Gasteiger partial charge in [0.1, 0.15) is 17.3 Å². The molecule has 4 aromatic rings. The molecule has 0 aliphatic carbocycles. The number of nitrogens with one attached hydrogen (secondary N) is 2. The van der Waals surface area contributed by atoms with Crippen LogP contribution in [0.5, 0.6) is 11.5 Å². The van der Waals surface area contributed by atoms with Crippen LogP contribution in [0.3, 0.4) is 0 Å². The summed E-state index contributed by atoms with van der Waals surface area (Å²) in [5.41, 5.74) is 2.49. The van der Waals surface area contributed by atoms with E-state index in [4.69, 9.17) is 4.74 Å². The molecule has 0 saturated carbocycles. The first-order valence-corrected chi connectivity index (χ1v) is 12.6. The minimum Gasteiger partial charge on any atom is -0.457 e. The van der Waals surface area contributed by atoms with Gasteiger partial charge in [-0.1, -0.05) is 55.1 Å². The van der Waals surface area contributed by atoms with Gasteiger partial charge in [-0.05, 0) is 24.8 Å². The molecule has 9 heteroatoms. The lowest BCUT2D eigenvalue weighted by molar-refractivity contribution is -0.121. The predicted octanol–water partition coefficient (Wildman–Crippen LogP) is 4.42. The highest BCUT2D eigenvalue weighted by Crippen LogP contribution is 2.43. The standard InChI is InChI=1S/C25H26N6O2S/c1-3-12-26-22-18-15-28-31(23(18)30-25(29-22)34-2)14-13-27-24(32)21-16-8-4-6-10-19(16)33-20-11-7-5-9-17(20)21/h4-11,15,21H,3,12-14H2,1-2H3,(H,27,32)(H,26,29,30). The number of thioether (sulfide) groups is 1. The molecule has 0 unspecified atom stereocenters. The second-order valence-electron chi connectivity index (χ2n) is 7.99. The Morgan fingerprint density at radius 1 is 1.06 bits per heavy atom. The number of rotatable bonds is 8. The molecule has 0 radical (unpaired) electrons. The smallest absolute Gasteiger partial charge is 0.232 e. The van der Waals surface area contributed by atoms with Crippen LogP contribution in [0.2, 0.25) is 0 Å². The van der Waals surface area contributed by atoms with Gasteiger partial charge in [0.25, 0.3) is 0 Å². The van der Waals surface area contributed by atoms with Crippen molar-refractivity contribution >= 4 is 34.5 Å². The van der Waals surface area contributed by atoms with E-state index in [9.17, 15) is 4.79 Å². The zero-order chi connectivity index (χ0) is 23.5. The number of aromatic nitrogens is 4. The summed E-state index contributed by atoms with van der Waals surface area (Å²) < 4.78 is 7.83. The van der Waals surface area contributed by atoms with Gasteiger partial charge in [0.05, 0.1) is 24.0 Å². The first-order valence-electron chi connectivity index (χ1n) is 11.3. The van der Waals surface area contributed by atoms with E-state index in [0.29, 0.717) is 29.7 Å². The molecule has 2 N–H and O–H groups in total. The Morgan fingerprint density at radius 3 is 2.44 bits per heavy atom. The van der Waals surface area contributed by atoms with Gasteiger partial charge >= 0.3 is 0 Å². The number of para-hydroxylation sites is 2. The number of anilines is 1. The molecule has 0 saturated heterocycles. The van der Waals surface area contributed by atoms with Crippen LogP contribution in [0, 0.1) is 0 Å². The van der Waals surface area contributed by atoms with Gasteiger partial charge in [-0.2, -0.15) is 5.10 Å². The Balaban J connectivity index is 1.35. The first-order chi connectivity index (χ1) is 16.7. The molecular formula is C25H26N6O2S. The van der Waals surface area contributed by atoms with Crippen LogP contribution in [0.15, 0.2) is 59.9 Å². The summed E-state index contributed by atoms with van der Waals surface area (Å²) in [6.45, 7) is 3.87. The first kappa shape index (κ1) is 22.2. The molecule has 2 aromatic heterocycles. The van der Waals surface area contributed by atoms with Gasteiger partial charge in [-0.25, -0.2) is 14.6 Å². The van der Waals surface area contributed by atoms with Crippen molar-refractivity contribution < 1.29 is 9.53 Å². The van der Waals surface area contributed by atoms with E-state index < -0.39 is 5.92 Å². The third-order valence-corrected chi connectivity index (χ3v) is 6.31. The van der Waals surface area contributed by atoms with Gasteiger partial charge < -0.3 is 15.4 Å². The SMILES string of the molecule is CCCNc1nc(SC)nc2c1cnn2CCNC(=O)C1c2ccccc2Oc2ccccc21. The molecule has 34 heavy (non-hydrogen) atoms. The minimum atomic E-state index is -0.425. The van der Waals surface area contributed by atoms with Gasteiger partial charge in [0.2, 0.25) is 5.91 Å². The molecule has 3 heterocycles. The monoisotopic (exact) mass is 474 g/mol. The van der Waals surface area contributed by atoms with Crippen molar-refractivity contribution in [3.63, 3.8) is 0 Å². The summed E-state index contributed by atoms with van der Waals surface area (Å²) in [6, 6.07) is 15.4. The molecule has 5 rings (SSSR count). The van der Waals surface area contributed by atoms with E-state index in [1.165, 1.54) is 11.8 Å². The van der Waals surface area contributed by atoms with Crippen molar-refractivity contribution in [1.29, 1.82) is 0 Å². The van der Waals surface area contributed by atoms with E-state index in [-0.39, 0.29) is 5.91 Å².